The highest BCUT2D eigenvalue weighted by Gasteiger charge is 2.17. The van der Waals surface area contributed by atoms with E-state index in [-0.39, 0.29) is 12.1 Å². The van der Waals surface area contributed by atoms with Crippen LogP contribution < -0.4 is 0 Å². The van der Waals surface area contributed by atoms with E-state index in [1.54, 1.807) is 6.92 Å². The summed E-state index contributed by atoms with van der Waals surface area (Å²) in [6.45, 7) is 8.86. The Morgan fingerprint density at radius 3 is 2.25 bits per heavy atom. The van der Waals surface area contributed by atoms with Gasteiger partial charge in [0.05, 0.1) is 0 Å². The lowest BCUT2D eigenvalue weighted by atomic mass is 9.98. The molecule has 0 N–H and O–H groups in total. The maximum Gasteiger partial charge on any atom is 0.333 e. The Kier molecular flexibility index (Phi) is 7.41. The number of rotatable bonds is 3. The van der Waals surface area contributed by atoms with Crippen molar-refractivity contribution in [1.29, 1.82) is 0 Å². The van der Waals surface area contributed by atoms with Crippen molar-refractivity contribution >= 4 is 12.0 Å². The molecule has 1 aromatic rings. The average molecular weight is 272 g/mol. The third-order valence-corrected chi connectivity index (χ3v) is 3.21. The summed E-state index contributed by atoms with van der Waals surface area (Å²) in [6, 6.07) is 10.0. The monoisotopic (exact) mass is 272 g/mol. The average Bonchev–Trinajstić information content (AvgIpc) is 2.49. The largest absolute Gasteiger partial charge is 0.459 e. The van der Waals surface area contributed by atoms with Gasteiger partial charge in [0.15, 0.2) is 0 Å². The van der Waals surface area contributed by atoms with E-state index >= 15 is 0 Å². The normalized spacial score (nSPS) is 14.7. The van der Waals surface area contributed by atoms with Crippen molar-refractivity contribution in [2.45, 2.75) is 45.1 Å². The Labute approximate surface area is 122 Å². The standard InChI is InChI=1S/C10H16O2.C8H8/c1-8(2)10(11)12-9-6-4-3-5-7-9;1-2-8-6-4-3-5-7-8/h9H,1,3-7H2,2H3;2-7H,1H2. The second-order valence-corrected chi connectivity index (χ2v) is 5.06. The maximum absolute atomic E-state index is 11.1. The molecule has 2 rings (SSSR count). The highest BCUT2D eigenvalue weighted by atomic mass is 16.5. The minimum Gasteiger partial charge on any atom is -0.459 e. The van der Waals surface area contributed by atoms with Crippen molar-refractivity contribution in [3.05, 3.63) is 54.6 Å². The van der Waals surface area contributed by atoms with E-state index in [0.717, 1.165) is 12.8 Å². The van der Waals surface area contributed by atoms with Gasteiger partial charge < -0.3 is 4.74 Å². The number of carbonyl (C=O) groups is 1. The molecule has 0 bridgehead atoms. The van der Waals surface area contributed by atoms with Crippen molar-refractivity contribution in [2.24, 2.45) is 0 Å². The van der Waals surface area contributed by atoms with Crippen molar-refractivity contribution < 1.29 is 9.53 Å². The van der Waals surface area contributed by atoms with Crippen LogP contribution in [0.25, 0.3) is 6.08 Å². The third-order valence-electron chi connectivity index (χ3n) is 3.21. The number of benzene rings is 1. The molecule has 0 radical (unpaired) electrons. The Balaban J connectivity index is 0.000000217. The minimum absolute atomic E-state index is 0.156. The Bertz CT molecular complexity index is 428. The van der Waals surface area contributed by atoms with Crippen LogP contribution in [0.5, 0.6) is 0 Å². The van der Waals surface area contributed by atoms with E-state index in [1.165, 1.54) is 24.8 Å². The fraction of sp³-hybridized carbons (Fsp3) is 0.389. The SMILES string of the molecule is C=C(C)C(=O)OC1CCCCC1.C=Cc1ccccc1. The molecule has 0 amide bonds. The van der Waals surface area contributed by atoms with Crippen molar-refractivity contribution in [1.82, 2.24) is 0 Å². The van der Waals surface area contributed by atoms with Gasteiger partial charge in [-0.2, -0.15) is 0 Å². The zero-order chi connectivity index (χ0) is 14.8. The molecule has 20 heavy (non-hydrogen) atoms. The van der Waals surface area contributed by atoms with Gasteiger partial charge >= 0.3 is 5.97 Å². The zero-order valence-electron chi connectivity index (χ0n) is 12.3. The lowest BCUT2D eigenvalue weighted by molar-refractivity contribution is -0.145. The topological polar surface area (TPSA) is 26.3 Å². The molecule has 108 valence electrons. The number of hydrogen-bond donors (Lipinski definition) is 0. The van der Waals surface area contributed by atoms with E-state index in [4.69, 9.17) is 4.74 Å². The molecule has 0 spiro atoms. The summed E-state index contributed by atoms with van der Waals surface area (Å²) in [4.78, 5) is 11.1. The molecule has 1 fully saturated rings. The predicted octanol–water partition coefficient (Wildman–Crippen LogP) is 4.77. The van der Waals surface area contributed by atoms with Crippen LogP contribution in [0.2, 0.25) is 0 Å². The Hall–Kier alpha value is -1.83. The quantitative estimate of drug-likeness (QED) is 0.585. The minimum atomic E-state index is -0.234. The van der Waals surface area contributed by atoms with Gasteiger partial charge in [0.1, 0.15) is 6.10 Å². The van der Waals surface area contributed by atoms with E-state index in [9.17, 15) is 4.79 Å². The van der Waals surface area contributed by atoms with Gasteiger partial charge in [0.2, 0.25) is 0 Å². The van der Waals surface area contributed by atoms with Crippen LogP contribution in [0.15, 0.2) is 49.1 Å². The lowest BCUT2D eigenvalue weighted by Crippen LogP contribution is -2.20. The summed E-state index contributed by atoms with van der Waals surface area (Å²) in [5.74, 6) is -0.234. The van der Waals surface area contributed by atoms with Crippen molar-refractivity contribution in [3.63, 3.8) is 0 Å². The first-order valence-corrected chi connectivity index (χ1v) is 7.17. The maximum atomic E-state index is 11.1. The van der Waals surface area contributed by atoms with E-state index in [2.05, 4.69) is 13.2 Å². The first kappa shape index (κ1) is 16.2. The molecule has 2 heteroatoms. The van der Waals surface area contributed by atoms with E-state index < -0.39 is 0 Å². The van der Waals surface area contributed by atoms with Crippen LogP contribution >= 0.6 is 0 Å². The number of hydrogen-bond acceptors (Lipinski definition) is 2. The van der Waals surface area contributed by atoms with E-state index in [0.29, 0.717) is 5.57 Å². The molecular formula is C18H24O2. The first-order valence-electron chi connectivity index (χ1n) is 7.17. The smallest absolute Gasteiger partial charge is 0.333 e. The molecule has 0 unspecified atom stereocenters. The molecule has 0 aromatic heterocycles. The fourth-order valence-electron chi connectivity index (χ4n) is 2.02. The molecule has 0 heterocycles. The van der Waals surface area contributed by atoms with Crippen LogP contribution in [-0.4, -0.2) is 12.1 Å². The van der Waals surface area contributed by atoms with Gasteiger partial charge in [-0.25, -0.2) is 4.79 Å². The first-order chi connectivity index (χ1) is 9.63. The summed E-state index contributed by atoms with van der Waals surface area (Å²) in [7, 11) is 0. The molecule has 1 aliphatic carbocycles. The summed E-state index contributed by atoms with van der Waals surface area (Å²) in [6.07, 6.45) is 7.70. The van der Waals surface area contributed by atoms with Crippen molar-refractivity contribution in [2.75, 3.05) is 0 Å². The second kappa shape index (κ2) is 9.13. The summed E-state index contributed by atoms with van der Waals surface area (Å²) >= 11 is 0. The highest BCUT2D eigenvalue weighted by Crippen LogP contribution is 2.20. The molecule has 1 aliphatic rings. The summed E-state index contributed by atoms with van der Waals surface area (Å²) in [5.41, 5.74) is 1.67. The summed E-state index contributed by atoms with van der Waals surface area (Å²) in [5, 5.41) is 0. The Morgan fingerprint density at radius 1 is 1.20 bits per heavy atom. The predicted molar refractivity (Wildman–Crippen MR) is 84.3 cm³/mol. The van der Waals surface area contributed by atoms with Crippen LogP contribution in [-0.2, 0) is 9.53 Å². The van der Waals surface area contributed by atoms with Crippen LogP contribution in [0.3, 0.4) is 0 Å². The van der Waals surface area contributed by atoms with Gasteiger partial charge in [0, 0.05) is 5.57 Å². The third kappa shape index (κ3) is 6.37. The molecule has 2 nitrogen and oxygen atoms in total. The molecule has 0 aliphatic heterocycles. The van der Waals surface area contributed by atoms with Crippen LogP contribution in [0.1, 0.15) is 44.6 Å². The Morgan fingerprint density at radius 2 is 1.80 bits per heavy atom. The van der Waals surface area contributed by atoms with Gasteiger partial charge in [0.25, 0.3) is 0 Å². The van der Waals surface area contributed by atoms with Gasteiger partial charge in [-0.05, 0) is 38.2 Å². The number of ether oxygens (including phenoxy) is 1. The van der Waals surface area contributed by atoms with Gasteiger partial charge in [-0.1, -0.05) is 56.0 Å². The molecule has 1 saturated carbocycles. The lowest BCUT2D eigenvalue weighted by Gasteiger charge is -2.21. The summed E-state index contributed by atoms with van der Waals surface area (Å²) < 4.78 is 5.21. The number of esters is 1. The van der Waals surface area contributed by atoms with Crippen LogP contribution in [0, 0.1) is 0 Å². The van der Waals surface area contributed by atoms with Crippen LogP contribution in [0.4, 0.5) is 0 Å². The number of carbonyl (C=O) groups excluding carboxylic acids is 1. The van der Waals surface area contributed by atoms with E-state index in [1.807, 2.05) is 36.4 Å². The molecule has 1 aromatic carbocycles. The fourth-order valence-corrected chi connectivity index (χ4v) is 2.02. The van der Waals surface area contributed by atoms with Crippen molar-refractivity contribution in [3.8, 4) is 0 Å². The van der Waals surface area contributed by atoms with Gasteiger partial charge in [-0.3, -0.25) is 0 Å². The highest BCUT2D eigenvalue weighted by molar-refractivity contribution is 5.87. The van der Waals surface area contributed by atoms with Gasteiger partial charge in [-0.15, -0.1) is 0 Å². The zero-order valence-corrected chi connectivity index (χ0v) is 12.3. The molecular weight excluding hydrogens is 248 g/mol. The molecule has 0 atom stereocenters. The molecule has 0 saturated heterocycles. The second-order valence-electron chi connectivity index (χ2n) is 5.06.